The van der Waals surface area contributed by atoms with Crippen LogP contribution in [0.25, 0.3) is 10.8 Å². The van der Waals surface area contributed by atoms with Crippen LogP contribution in [0.5, 0.6) is 0 Å². The second-order valence-electron chi connectivity index (χ2n) is 6.84. The van der Waals surface area contributed by atoms with Crippen LogP contribution in [0, 0.1) is 5.92 Å². The molecule has 0 unspecified atom stereocenters. The van der Waals surface area contributed by atoms with E-state index in [0.717, 1.165) is 17.9 Å². The Labute approximate surface area is 151 Å². The van der Waals surface area contributed by atoms with Crippen molar-refractivity contribution in [1.29, 1.82) is 0 Å². The predicted octanol–water partition coefficient (Wildman–Crippen LogP) is 2.66. The maximum absolute atomic E-state index is 13.4. The molecule has 1 aromatic heterocycles. The van der Waals surface area contributed by atoms with Crippen LogP contribution in [0.4, 0.5) is 11.4 Å². The molecule has 0 radical (unpaired) electrons. The van der Waals surface area contributed by atoms with Crippen molar-refractivity contribution in [2.45, 2.75) is 6.92 Å². The molecule has 1 amide bonds. The molecule has 1 N–H and O–H groups in total. The number of hydrogen-bond acceptors (Lipinski definition) is 4. The second kappa shape index (κ2) is 6.29. The highest BCUT2D eigenvalue weighted by Gasteiger charge is 2.29. The van der Waals surface area contributed by atoms with Crippen LogP contribution in [0.1, 0.15) is 17.4 Å². The average molecular weight is 348 g/mol. The molecule has 0 saturated heterocycles. The SMILES string of the molecule is C[C@H]1CN(C)c2ccccc2N(C(=O)c2n[nH]c(=O)c3ccccc23)C1. The molecule has 1 aliphatic rings. The molecule has 0 spiro atoms. The molecule has 0 bridgehead atoms. The van der Waals surface area contributed by atoms with E-state index in [2.05, 4.69) is 22.0 Å². The first-order valence-corrected chi connectivity index (χ1v) is 8.65. The Morgan fingerprint density at radius 1 is 1.04 bits per heavy atom. The van der Waals surface area contributed by atoms with E-state index in [1.54, 1.807) is 23.1 Å². The summed E-state index contributed by atoms with van der Waals surface area (Å²) < 4.78 is 0. The number of benzene rings is 2. The molecule has 2 aromatic carbocycles. The van der Waals surface area contributed by atoms with Crippen molar-refractivity contribution < 1.29 is 4.79 Å². The van der Waals surface area contributed by atoms with Gasteiger partial charge in [0.25, 0.3) is 11.5 Å². The number of carbonyl (C=O) groups is 1. The van der Waals surface area contributed by atoms with E-state index in [1.807, 2.05) is 37.4 Å². The highest BCUT2D eigenvalue weighted by molar-refractivity contribution is 6.13. The largest absolute Gasteiger partial charge is 0.373 e. The Morgan fingerprint density at radius 3 is 2.46 bits per heavy atom. The minimum Gasteiger partial charge on any atom is -0.373 e. The normalized spacial score (nSPS) is 17.1. The van der Waals surface area contributed by atoms with Gasteiger partial charge < -0.3 is 9.80 Å². The molecule has 1 aliphatic heterocycles. The van der Waals surface area contributed by atoms with Gasteiger partial charge in [0, 0.05) is 25.5 Å². The van der Waals surface area contributed by atoms with Gasteiger partial charge in [0.05, 0.1) is 16.8 Å². The van der Waals surface area contributed by atoms with Gasteiger partial charge in [0.15, 0.2) is 5.69 Å². The minimum absolute atomic E-state index is 0.202. The zero-order chi connectivity index (χ0) is 18.3. The number of carbonyl (C=O) groups excluding carboxylic acids is 1. The molecule has 4 rings (SSSR count). The van der Waals surface area contributed by atoms with Gasteiger partial charge in [0.1, 0.15) is 0 Å². The summed E-state index contributed by atoms with van der Waals surface area (Å²) in [5.41, 5.74) is 1.86. The second-order valence-corrected chi connectivity index (χ2v) is 6.84. The van der Waals surface area contributed by atoms with E-state index in [-0.39, 0.29) is 17.2 Å². The topological polar surface area (TPSA) is 69.3 Å². The molecular formula is C20H20N4O2. The molecule has 1 atom stereocenters. The fourth-order valence-electron chi connectivity index (χ4n) is 3.65. The monoisotopic (exact) mass is 348 g/mol. The molecule has 0 saturated carbocycles. The quantitative estimate of drug-likeness (QED) is 0.734. The number of fused-ring (bicyclic) bond motifs is 2. The summed E-state index contributed by atoms with van der Waals surface area (Å²) in [4.78, 5) is 29.4. The maximum Gasteiger partial charge on any atom is 0.279 e. The summed E-state index contributed by atoms with van der Waals surface area (Å²) in [5, 5.41) is 7.59. The van der Waals surface area contributed by atoms with E-state index in [1.165, 1.54) is 0 Å². The lowest BCUT2D eigenvalue weighted by atomic mass is 10.1. The highest BCUT2D eigenvalue weighted by atomic mass is 16.2. The summed E-state index contributed by atoms with van der Waals surface area (Å²) >= 11 is 0. The summed E-state index contributed by atoms with van der Waals surface area (Å²) in [6, 6.07) is 14.9. The van der Waals surface area contributed by atoms with Crippen molar-refractivity contribution >= 4 is 28.1 Å². The van der Waals surface area contributed by atoms with Crippen LogP contribution < -0.4 is 15.4 Å². The summed E-state index contributed by atoms with van der Waals surface area (Å²) in [6.07, 6.45) is 0. The molecule has 0 aliphatic carbocycles. The minimum atomic E-state index is -0.290. The Balaban J connectivity index is 1.87. The van der Waals surface area contributed by atoms with E-state index >= 15 is 0 Å². The maximum atomic E-state index is 13.4. The Bertz CT molecular complexity index is 1040. The summed E-state index contributed by atoms with van der Waals surface area (Å²) in [6.45, 7) is 3.58. The van der Waals surface area contributed by atoms with Gasteiger partial charge in [-0.1, -0.05) is 37.3 Å². The number of hydrogen-bond donors (Lipinski definition) is 1. The third-order valence-electron chi connectivity index (χ3n) is 4.81. The van der Waals surface area contributed by atoms with Crippen molar-refractivity contribution in [2.24, 2.45) is 5.92 Å². The van der Waals surface area contributed by atoms with Crippen molar-refractivity contribution in [1.82, 2.24) is 10.2 Å². The molecule has 26 heavy (non-hydrogen) atoms. The molecule has 2 heterocycles. The van der Waals surface area contributed by atoms with Crippen molar-refractivity contribution in [3.8, 4) is 0 Å². The first-order valence-electron chi connectivity index (χ1n) is 8.65. The van der Waals surface area contributed by atoms with Crippen LogP contribution in [0.15, 0.2) is 53.3 Å². The lowest BCUT2D eigenvalue weighted by Gasteiger charge is -2.24. The van der Waals surface area contributed by atoms with Gasteiger partial charge in [-0.2, -0.15) is 5.10 Å². The Hall–Kier alpha value is -3.15. The van der Waals surface area contributed by atoms with Crippen molar-refractivity contribution in [2.75, 3.05) is 29.9 Å². The average Bonchev–Trinajstić information content (AvgIpc) is 2.78. The lowest BCUT2D eigenvalue weighted by Crippen LogP contribution is -2.36. The van der Waals surface area contributed by atoms with E-state index < -0.39 is 0 Å². The molecule has 6 heteroatoms. The van der Waals surface area contributed by atoms with Gasteiger partial charge in [0.2, 0.25) is 0 Å². The lowest BCUT2D eigenvalue weighted by molar-refractivity contribution is 0.0980. The van der Waals surface area contributed by atoms with Crippen molar-refractivity contribution in [3.05, 3.63) is 64.6 Å². The van der Waals surface area contributed by atoms with E-state index in [9.17, 15) is 9.59 Å². The summed E-state index contributed by atoms with van der Waals surface area (Å²) in [7, 11) is 2.04. The smallest absolute Gasteiger partial charge is 0.279 e. The third kappa shape index (κ3) is 2.63. The Kier molecular flexibility index (Phi) is 3.95. The number of anilines is 2. The van der Waals surface area contributed by atoms with E-state index in [4.69, 9.17) is 0 Å². The van der Waals surface area contributed by atoms with Crippen LogP contribution in [0.3, 0.4) is 0 Å². The zero-order valence-corrected chi connectivity index (χ0v) is 14.8. The van der Waals surface area contributed by atoms with Gasteiger partial charge in [-0.15, -0.1) is 0 Å². The number of rotatable bonds is 1. The third-order valence-corrected chi connectivity index (χ3v) is 4.81. The van der Waals surface area contributed by atoms with E-state index in [0.29, 0.717) is 23.2 Å². The Morgan fingerprint density at radius 2 is 1.69 bits per heavy atom. The first kappa shape index (κ1) is 16.3. The summed E-state index contributed by atoms with van der Waals surface area (Å²) in [5.74, 6) is 0.0948. The number of aromatic amines is 1. The molecular weight excluding hydrogens is 328 g/mol. The molecule has 0 fully saturated rings. The number of amides is 1. The van der Waals surface area contributed by atoms with Crippen LogP contribution in [0.2, 0.25) is 0 Å². The predicted molar refractivity (Wildman–Crippen MR) is 103 cm³/mol. The standard InChI is InChI=1S/C20H20N4O2/c1-13-11-23(2)16-9-5-6-10-17(16)24(12-13)20(26)18-14-7-3-4-8-15(14)19(25)22-21-18/h3-10,13H,11-12H2,1-2H3,(H,22,25)/t13-/m0/s1. The number of para-hydroxylation sites is 2. The van der Waals surface area contributed by atoms with Crippen LogP contribution >= 0.6 is 0 Å². The van der Waals surface area contributed by atoms with Crippen molar-refractivity contribution in [3.63, 3.8) is 0 Å². The fraction of sp³-hybridized carbons (Fsp3) is 0.250. The first-order chi connectivity index (χ1) is 12.6. The number of nitrogens with one attached hydrogen (secondary N) is 1. The molecule has 3 aromatic rings. The molecule has 132 valence electrons. The van der Waals surface area contributed by atoms with Crippen LogP contribution in [-0.4, -0.2) is 36.2 Å². The van der Waals surface area contributed by atoms with Gasteiger partial charge in [-0.25, -0.2) is 5.10 Å². The fourth-order valence-corrected chi connectivity index (χ4v) is 3.65. The van der Waals surface area contributed by atoms with Gasteiger partial charge in [-0.05, 0) is 24.1 Å². The number of H-pyrrole nitrogens is 1. The number of nitrogens with zero attached hydrogens (tertiary/aromatic N) is 3. The zero-order valence-electron chi connectivity index (χ0n) is 14.8. The molecule has 6 nitrogen and oxygen atoms in total. The highest BCUT2D eigenvalue weighted by Crippen LogP contribution is 2.33. The van der Waals surface area contributed by atoms with Gasteiger partial charge >= 0.3 is 0 Å². The van der Waals surface area contributed by atoms with Gasteiger partial charge in [-0.3, -0.25) is 9.59 Å². The van der Waals surface area contributed by atoms with Crippen LogP contribution in [-0.2, 0) is 0 Å². The number of aromatic nitrogens is 2.